The van der Waals surface area contributed by atoms with Gasteiger partial charge in [0.1, 0.15) is 5.82 Å². The molecule has 1 aromatic heterocycles. The molecule has 0 aliphatic rings. The number of carbonyl (C=O) groups excluding carboxylic acids is 1. The highest BCUT2D eigenvalue weighted by atomic mass is 19.1. The zero-order valence-corrected chi connectivity index (χ0v) is 15.7. The zero-order valence-electron chi connectivity index (χ0n) is 15.7. The average Bonchev–Trinajstić information content (AvgIpc) is 2.90. The molecule has 0 bridgehead atoms. The molecule has 0 aliphatic heterocycles. The van der Waals surface area contributed by atoms with Gasteiger partial charge in [-0.3, -0.25) is 19.6 Å². The number of anilines is 1. The van der Waals surface area contributed by atoms with Crippen LogP contribution in [0.3, 0.4) is 0 Å². The number of nitrogens with zero attached hydrogens (tertiary/aromatic N) is 3. The van der Waals surface area contributed by atoms with Crippen molar-refractivity contribution in [2.45, 2.75) is 27.3 Å². The number of aromatic nitrogens is 2. The number of hydrogen-bond donors (Lipinski definition) is 1. The van der Waals surface area contributed by atoms with E-state index in [-0.39, 0.29) is 18.0 Å². The number of nitro groups is 1. The number of amides is 1. The summed E-state index contributed by atoms with van der Waals surface area (Å²) < 4.78 is 15.5. The molecule has 1 amide bonds. The molecule has 0 radical (unpaired) electrons. The number of benzene rings is 2. The van der Waals surface area contributed by atoms with Crippen molar-refractivity contribution in [3.8, 4) is 0 Å². The maximum absolute atomic E-state index is 13.9. The van der Waals surface area contributed by atoms with Gasteiger partial charge in [0.2, 0.25) is 0 Å². The second-order valence-electron chi connectivity index (χ2n) is 6.51. The summed E-state index contributed by atoms with van der Waals surface area (Å²) >= 11 is 0. The van der Waals surface area contributed by atoms with Crippen molar-refractivity contribution in [1.29, 1.82) is 0 Å². The van der Waals surface area contributed by atoms with Crippen LogP contribution in [0, 0.1) is 36.7 Å². The van der Waals surface area contributed by atoms with E-state index in [1.54, 1.807) is 43.7 Å². The number of carbonyl (C=O) groups is 1. The normalized spacial score (nSPS) is 10.7. The lowest BCUT2D eigenvalue weighted by Crippen LogP contribution is -2.14. The van der Waals surface area contributed by atoms with Gasteiger partial charge in [0.15, 0.2) is 0 Å². The standard InChI is InChI=1S/C20H19FN4O3/c1-12-10-15(8-9-18(12)25(27)28)20(26)22-19-13(2)23-24(14(19)3)11-16-6-4-5-7-17(16)21/h4-10H,11H2,1-3H3,(H,22,26). The van der Waals surface area contributed by atoms with Crippen molar-refractivity contribution >= 4 is 17.3 Å². The van der Waals surface area contributed by atoms with Crippen LogP contribution in [0.4, 0.5) is 15.8 Å². The Hall–Kier alpha value is -3.55. The lowest BCUT2D eigenvalue weighted by molar-refractivity contribution is -0.385. The van der Waals surface area contributed by atoms with Crippen LogP contribution in [0.1, 0.15) is 32.9 Å². The van der Waals surface area contributed by atoms with Crippen LogP contribution in [0.15, 0.2) is 42.5 Å². The molecule has 0 fully saturated rings. The number of rotatable bonds is 5. The van der Waals surface area contributed by atoms with Crippen molar-refractivity contribution in [2.24, 2.45) is 0 Å². The van der Waals surface area contributed by atoms with Gasteiger partial charge >= 0.3 is 0 Å². The summed E-state index contributed by atoms with van der Waals surface area (Å²) in [6.07, 6.45) is 0. The van der Waals surface area contributed by atoms with Gasteiger partial charge in [0, 0.05) is 22.8 Å². The van der Waals surface area contributed by atoms with E-state index in [0.717, 1.165) is 0 Å². The maximum Gasteiger partial charge on any atom is 0.272 e. The number of halogens is 1. The predicted octanol–water partition coefficient (Wildman–Crippen LogP) is 4.16. The van der Waals surface area contributed by atoms with E-state index >= 15 is 0 Å². The van der Waals surface area contributed by atoms with Gasteiger partial charge < -0.3 is 5.32 Å². The fourth-order valence-corrected chi connectivity index (χ4v) is 3.01. The highest BCUT2D eigenvalue weighted by molar-refractivity contribution is 6.05. The van der Waals surface area contributed by atoms with Crippen LogP contribution in [0.25, 0.3) is 0 Å². The van der Waals surface area contributed by atoms with Crippen LogP contribution >= 0.6 is 0 Å². The molecule has 1 N–H and O–H groups in total. The van der Waals surface area contributed by atoms with E-state index in [9.17, 15) is 19.3 Å². The topological polar surface area (TPSA) is 90.1 Å². The summed E-state index contributed by atoms with van der Waals surface area (Å²) in [5.74, 6) is -0.711. The van der Waals surface area contributed by atoms with E-state index in [2.05, 4.69) is 10.4 Å². The molecule has 0 aliphatic carbocycles. The van der Waals surface area contributed by atoms with E-state index in [1.165, 1.54) is 24.3 Å². The first-order valence-corrected chi connectivity index (χ1v) is 8.61. The van der Waals surface area contributed by atoms with Crippen molar-refractivity contribution in [1.82, 2.24) is 9.78 Å². The molecular formula is C20H19FN4O3. The smallest absolute Gasteiger partial charge is 0.272 e. The summed E-state index contributed by atoms with van der Waals surface area (Å²) in [6, 6.07) is 10.6. The molecule has 1 heterocycles. The first-order chi connectivity index (χ1) is 13.3. The molecule has 0 spiro atoms. The molecule has 8 heteroatoms. The van der Waals surface area contributed by atoms with Gasteiger partial charge in [-0.2, -0.15) is 5.10 Å². The molecule has 144 valence electrons. The third-order valence-electron chi connectivity index (χ3n) is 4.55. The minimum absolute atomic E-state index is 0.0402. The van der Waals surface area contributed by atoms with Gasteiger partial charge in [-0.1, -0.05) is 18.2 Å². The average molecular weight is 382 g/mol. The van der Waals surface area contributed by atoms with Gasteiger partial charge in [-0.15, -0.1) is 0 Å². The molecule has 7 nitrogen and oxygen atoms in total. The third kappa shape index (κ3) is 3.75. The van der Waals surface area contributed by atoms with Crippen LogP contribution < -0.4 is 5.32 Å². The van der Waals surface area contributed by atoms with Crippen LogP contribution in [0.5, 0.6) is 0 Å². The Labute approximate surface area is 161 Å². The molecule has 3 aromatic rings. The van der Waals surface area contributed by atoms with Crippen LogP contribution in [-0.4, -0.2) is 20.6 Å². The second-order valence-corrected chi connectivity index (χ2v) is 6.51. The Bertz CT molecular complexity index is 1080. The van der Waals surface area contributed by atoms with Gasteiger partial charge in [0.25, 0.3) is 11.6 Å². The van der Waals surface area contributed by atoms with Crippen LogP contribution in [0.2, 0.25) is 0 Å². The summed E-state index contributed by atoms with van der Waals surface area (Å²) in [4.78, 5) is 23.0. The Kier molecular flexibility index (Phi) is 5.21. The second kappa shape index (κ2) is 7.59. The minimum Gasteiger partial charge on any atom is -0.319 e. The quantitative estimate of drug-likeness (QED) is 0.530. The van der Waals surface area contributed by atoms with Crippen LogP contribution in [-0.2, 0) is 6.54 Å². The van der Waals surface area contributed by atoms with E-state index in [0.29, 0.717) is 33.8 Å². The first-order valence-electron chi connectivity index (χ1n) is 8.61. The SMILES string of the molecule is Cc1cc(C(=O)Nc2c(C)nn(Cc3ccccc3F)c2C)ccc1[N+](=O)[O-]. The Morgan fingerprint density at radius 1 is 1.21 bits per heavy atom. The molecule has 0 saturated carbocycles. The molecule has 28 heavy (non-hydrogen) atoms. The number of hydrogen-bond acceptors (Lipinski definition) is 4. The number of nitro benzene ring substituents is 1. The first kappa shape index (κ1) is 19.2. The monoisotopic (exact) mass is 382 g/mol. The molecule has 0 atom stereocenters. The van der Waals surface area contributed by atoms with Crippen molar-refractivity contribution in [3.63, 3.8) is 0 Å². The van der Waals surface area contributed by atoms with Gasteiger partial charge in [-0.05, 0) is 39.0 Å². The van der Waals surface area contributed by atoms with Gasteiger partial charge in [-0.25, -0.2) is 4.39 Å². The maximum atomic E-state index is 13.9. The minimum atomic E-state index is -0.488. The van der Waals surface area contributed by atoms with E-state index in [1.807, 2.05) is 0 Å². The van der Waals surface area contributed by atoms with E-state index in [4.69, 9.17) is 0 Å². The molecular weight excluding hydrogens is 363 g/mol. The predicted molar refractivity (Wildman–Crippen MR) is 103 cm³/mol. The molecule has 0 unspecified atom stereocenters. The summed E-state index contributed by atoms with van der Waals surface area (Å²) in [5, 5.41) is 18.1. The zero-order chi connectivity index (χ0) is 20.4. The highest BCUT2D eigenvalue weighted by Crippen LogP contribution is 2.23. The molecule has 2 aromatic carbocycles. The Balaban J connectivity index is 1.84. The molecule has 0 saturated heterocycles. The highest BCUT2D eigenvalue weighted by Gasteiger charge is 2.18. The Morgan fingerprint density at radius 2 is 1.93 bits per heavy atom. The van der Waals surface area contributed by atoms with Crippen molar-refractivity contribution < 1.29 is 14.1 Å². The van der Waals surface area contributed by atoms with Crippen molar-refractivity contribution in [2.75, 3.05) is 5.32 Å². The Morgan fingerprint density at radius 3 is 2.57 bits per heavy atom. The fraction of sp³-hybridized carbons (Fsp3) is 0.200. The fourth-order valence-electron chi connectivity index (χ4n) is 3.01. The van der Waals surface area contributed by atoms with Gasteiger partial charge in [0.05, 0.1) is 28.5 Å². The summed E-state index contributed by atoms with van der Waals surface area (Å²) in [7, 11) is 0. The lowest BCUT2D eigenvalue weighted by atomic mass is 10.1. The molecule has 3 rings (SSSR count). The van der Waals surface area contributed by atoms with E-state index < -0.39 is 10.8 Å². The largest absolute Gasteiger partial charge is 0.319 e. The lowest BCUT2D eigenvalue weighted by Gasteiger charge is -2.08. The summed E-state index contributed by atoms with van der Waals surface area (Å²) in [6.45, 7) is 5.36. The number of nitrogens with one attached hydrogen (secondary N) is 1. The summed E-state index contributed by atoms with van der Waals surface area (Å²) in [5.41, 5.74) is 2.99. The van der Waals surface area contributed by atoms with Crippen molar-refractivity contribution in [3.05, 3.63) is 86.5 Å². The number of aryl methyl sites for hydroxylation is 2. The third-order valence-corrected chi connectivity index (χ3v) is 4.55.